The van der Waals surface area contributed by atoms with Crippen LogP contribution in [0.2, 0.25) is 0 Å². The van der Waals surface area contributed by atoms with Crippen molar-refractivity contribution in [2.45, 2.75) is 418 Å². The highest BCUT2D eigenvalue weighted by Gasteiger charge is 2.18. The van der Waals surface area contributed by atoms with Crippen molar-refractivity contribution < 1.29 is 24.5 Å². The summed E-state index contributed by atoms with van der Waals surface area (Å²) in [4.78, 5) is 24.6. The van der Waals surface area contributed by atoms with Crippen molar-refractivity contribution in [3.63, 3.8) is 0 Å². The molecule has 2 atom stereocenters. The average Bonchev–Trinajstić information content (AvgIpc) is 3.47. The lowest BCUT2D eigenvalue weighted by molar-refractivity contribution is -0.143. The minimum atomic E-state index is -0.839. The summed E-state index contributed by atoms with van der Waals surface area (Å²) in [7, 11) is 0. The van der Waals surface area contributed by atoms with Gasteiger partial charge < -0.3 is 20.3 Å². The zero-order valence-electron chi connectivity index (χ0n) is 54.8. The van der Waals surface area contributed by atoms with Gasteiger partial charge in [0, 0.05) is 12.8 Å². The summed E-state index contributed by atoms with van der Waals surface area (Å²) in [6.45, 7) is 4.90. The van der Waals surface area contributed by atoms with E-state index >= 15 is 0 Å². The molecule has 0 heterocycles. The smallest absolute Gasteiger partial charge is 0.305 e. The molecular formula is C75H143NO5. The van der Waals surface area contributed by atoms with Gasteiger partial charge >= 0.3 is 5.97 Å². The van der Waals surface area contributed by atoms with Crippen LogP contribution in [-0.4, -0.2) is 47.4 Å². The number of nitrogens with one attached hydrogen (secondary N) is 1. The highest BCUT2D eigenvalue weighted by molar-refractivity contribution is 5.76. The maximum atomic E-state index is 12.4. The van der Waals surface area contributed by atoms with Crippen molar-refractivity contribution in [3.05, 3.63) is 36.5 Å². The summed E-state index contributed by atoms with van der Waals surface area (Å²) in [6.07, 6.45) is 91.1. The minimum absolute atomic E-state index is 0.0154. The molecule has 0 aliphatic rings. The van der Waals surface area contributed by atoms with Crippen LogP contribution in [0.3, 0.4) is 0 Å². The van der Waals surface area contributed by atoms with E-state index in [1.165, 1.54) is 327 Å². The maximum Gasteiger partial charge on any atom is 0.305 e. The fraction of sp³-hybridized carbons (Fsp3) is 0.893. The van der Waals surface area contributed by atoms with Gasteiger partial charge in [-0.2, -0.15) is 0 Å². The van der Waals surface area contributed by atoms with Gasteiger partial charge in [-0.3, -0.25) is 9.59 Å². The molecule has 2 unspecified atom stereocenters. The van der Waals surface area contributed by atoms with E-state index in [4.69, 9.17) is 4.74 Å². The zero-order chi connectivity index (χ0) is 58.5. The van der Waals surface area contributed by atoms with Gasteiger partial charge in [0.25, 0.3) is 0 Å². The number of hydrogen-bond donors (Lipinski definition) is 3. The highest BCUT2D eigenvalue weighted by Crippen LogP contribution is 2.19. The van der Waals surface area contributed by atoms with E-state index in [-0.39, 0.29) is 18.5 Å². The Labute approximate surface area is 506 Å². The van der Waals surface area contributed by atoms with E-state index in [9.17, 15) is 19.8 Å². The zero-order valence-corrected chi connectivity index (χ0v) is 54.8. The lowest BCUT2D eigenvalue weighted by Crippen LogP contribution is -2.45. The number of allylic oxidation sites excluding steroid dienone is 5. The van der Waals surface area contributed by atoms with Crippen LogP contribution >= 0.6 is 0 Å². The van der Waals surface area contributed by atoms with Crippen LogP contribution in [0.15, 0.2) is 36.5 Å². The second kappa shape index (κ2) is 70.6. The Bertz CT molecular complexity index is 1310. The highest BCUT2D eigenvalue weighted by atomic mass is 16.5. The van der Waals surface area contributed by atoms with Crippen LogP contribution in [0, 0.1) is 0 Å². The fourth-order valence-corrected chi connectivity index (χ4v) is 11.6. The first-order chi connectivity index (χ1) is 40.0. The van der Waals surface area contributed by atoms with Crippen LogP contribution < -0.4 is 5.32 Å². The van der Waals surface area contributed by atoms with E-state index < -0.39 is 12.1 Å². The predicted molar refractivity (Wildman–Crippen MR) is 356 cm³/mol. The molecule has 0 saturated heterocycles. The van der Waals surface area contributed by atoms with Crippen LogP contribution in [0.1, 0.15) is 406 Å². The lowest BCUT2D eigenvalue weighted by Gasteiger charge is -2.20. The second-order valence-electron chi connectivity index (χ2n) is 25.3. The van der Waals surface area contributed by atoms with Gasteiger partial charge in [-0.25, -0.2) is 0 Å². The summed E-state index contributed by atoms with van der Waals surface area (Å²) in [5.74, 6) is -0.0470. The molecule has 1 amide bonds. The van der Waals surface area contributed by atoms with Gasteiger partial charge in [0.05, 0.1) is 25.4 Å². The van der Waals surface area contributed by atoms with Gasteiger partial charge in [-0.05, 0) is 64.2 Å². The third-order valence-electron chi connectivity index (χ3n) is 17.2. The molecular weight excluding hydrogens is 995 g/mol. The third-order valence-corrected chi connectivity index (χ3v) is 17.2. The van der Waals surface area contributed by atoms with Crippen molar-refractivity contribution in [2.24, 2.45) is 0 Å². The van der Waals surface area contributed by atoms with Crippen molar-refractivity contribution in [2.75, 3.05) is 13.2 Å². The molecule has 478 valence electrons. The third kappa shape index (κ3) is 67.1. The summed E-state index contributed by atoms with van der Waals surface area (Å²) in [5, 5.41) is 23.1. The van der Waals surface area contributed by atoms with Gasteiger partial charge in [0.2, 0.25) is 5.91 Å². The Morgan fingerprint density at radius 3 is 0.951 bits per heavy atom. The van der Waals surface area contributed by atoms with E-state index in [1.54, 1.807) is 6.08 Å². The minimum Gasteiger partial charge on any atom is -0.466 e. The number of hydrogen-bond acceptors (Lipinski definition) is 5. The molecule has 0 bridgehead atoms. The Kier molecular flexibility index (Phi) is 68.9. The molecule has 0 spiro atoms. The SMILES string of the molecule is CCCCCC/C=C\C/C=C\CCCCCCCCCC(=O)OCCCCCCCCCCCCCCCCCCCCCCCCCCCCCCCCCCCCCC(=O)NC(CO)C(O)/C=C/CCCCCCCCCCC. The van der Waals surface area contributed by atoms with E-state index in [2.05, 4.69) is 43.5 Å². The fourth-order valence-electron chi connectivity index (χ4n) is 11.6. The number of rotatable bonds is 69. The van der Waals surface area contributed by atoms with Crippen LogP contribution in [0.4, 0.5) is 0 Å². The first kappa shape index (κ1) is 79.1. The Hall–Kier alpha value is -1.92. The average molecular weight is 1140 g/mol. The quantitative estimate of drug-likeness (QED) is 0.0320. The molecule has 0 aliphatic carbocycles. The first-order valence-corrected chi connectivity index (χ1v) is 36.8. The molecule has 0 radical (unpaired) electrons. The molecule has 0 aromatic carbocycles. The number of aliphatic hydroxyl groups excluding tert-OH is 2. The topological polar surface area (TPSA) is 95.9 Å². The molecule has 6 nitrogen and oxygen atoms in total. The van der Waals surface area contributed by atoms with Crippen molar-refractivity contribution >= 4 is 11.9 Å². The Morgan fingerprint density at radius 1 is 0.346 bits per heavy atom. The summed E-state index contributed by atoms with van der Waals surface area (Å²) < 4.78 is 5.51. The lowest BCUT2D eigenvalue weighted by atomic mass is 10.0. The predicted octanol–water partition coefficient (Wildman–Crippen LogP) is 23.9. The monoisotopic (exact) mass is 1140 g/mol. The van der Waals surface area contributed by atoms with E-state index in [1.807, 2.05) is 6.08 Å². The number of ether oxygens (including phenoxy) is 1. The summed E-state index contributed by atoms with van der Waals surface area (Å²) >= 11 is 0. The molecule has 0 saturated carbocycles. The number of carbonyl (C=O) groups is 2. The summed E-state index contributed by atoms with van der Waals surface area (Å²) in [6, 6.07) is -0.622. The molecule has 6 heteroatoms. The molecule has 0 aliphatic heterocycles. The van der Waals surface area contributed by atoms with E-state index in [0.717, 1.165) is 51.4 Å². The number of carbonyl (C=O) groups excluding carboxylic acids is 2. The second-order valence-corrected chi connectivity index (χ2v) is 25.3. The van der Waals surface area contributed by atoms with Crippen LogP contribution in [0.5, 0.6) is 0 Å². The van der Waals surface area contributed by atoms with Crippen molar-refractivity contribution in [3.8, 4) is 0 Å². The Balaban J connectivity index is 3.29. The summed E-state index contributed by atoms with van der Waals surface area (Å²) in [5.41, 5.74) is 0. The molecule has 0 rings (SSSR count). The van der Waals surface area contributed by atoms with Gasteiger partial charge in [-0.1, -0.05) is 365 Å². The van der Waals surface area contributed by atoms with Gasteiger partial charge in [0.15, 0.2) is 0 Å². The maximum absolute atomic E-state index is 12.4. The van der Waals surface area contributed by atoms with Crippen LogP contribution in [0.25, 0.3) is 0 Å². The Morgan fingerprint density at radius 2 is 0.617 bits per heavy atom. The van der Waals surface area contributed by atoms with Crippen molar-refractivity contribution in [1.82, 2.24) is 5.32 Å². The number of unbranched alkanes of at least 4 members (excludes halogenated alkanes) is 54. The number of aliphatic hydroxyl groups is 2. The standard InChI is InChI=1S/C75H143NO5/c1-3-5-7-9-11-13-15-16-17-18-39-42-45-49-53-57-61-65-69-75(80)81-70-66-62-58-54-50-46-43-40-37-35-33-31-29-27-25-23-21-19-20-22-24-26-28-30-32-34-36-38-41-44-48-52-56-60-64-68-74(79)76-72(71-77)73(78)67-63-59-55-51-47-14-12-10-8-6-4-2/h13,15,17-18,63,67,72-73,77-78H,3-12,14,16,19-62,64-66,68-71H2,1-2H3,(H,76,79)/b15-13-,18-17-,67-63+. The first-order valence-electron chi connectivity index (χ1n) is 36.8. The molecule has 81 heavy (non-hydrogen) atoms. The van der Waals surface area contributed by atoms with E-state index in [0.29, 0.717) is 19.4 Å². The van der Waals surface area contributed by atoms with Crippen LogP contribution in [-0.2, 0) is 14.3 Å². The van der Waals surface area contributed by atoms with Crippen molar-refractivity contribution in [1.29, 1.82) is 0 Å². The van der Waals surface area contributed by atoms with Gasteiger partial charge in [0.1, 0.15) is 0 Å². The number of esters is 1. The molecule has 0 fully saturated rings. The normalized spacial score (nSPS) is 12.7. The molecule has 0 aromatic heterocycles. The largest absolute Gasteiger partial charge is 0.466 e. The van der Waals surface area contributed by atoms with Gasteiger partial charge in [-0.15, -0.1) is 0 Å². The molecule has 3 N–H and O–H groups in total. The molecule has 0 aromatic rings. The number of amides is 1.